The molecule has 0 aliphatic rings. The summed E-state index contributed by atoms with van der Waals surface area (Å²) in [6.07, 6.45) is 0. The summed E-state index contributed by atoms with van der Waals surface area (Å²) in [4.78, 5) is 1.76. The summed E-state index contributed by atoms with van der Waals surface area (Å²) in [6, 6.07) is 21.1. The van der Waals surface area contributed by atoms with Crippen LogP contribution < -0.4 is 0 Å². The molecule has 0 aliphatic heterocycles. The van der Waals surface area contributed by atoms with Gasteiger partial charge in [-0.2, -0.15) is 0 Å². The molecule has 4 heteroatoms. The Bertz CT molecular complexity index is 1010. The van der Waals surface area contributed by atoms with Gasteiger partial charge in [0.15, 0.2) is 0 Å². The molecular weight excluding hydrogens is 360 g/mol. The topological polar surface area (TPSA) is 34.1 Å². The SMILES string of the molecule is Cc1ccc(S(=O)(=O)c2cc(C)cc(SCc3ccccc3)c2C)cc1. The van der Waals surface area contributed by atoms with Crippen LogP contribution in [0.15, 0.2) is 81.4 Å². The van der Waals surface area contributed by atoms with E-state index >= 15 is 0 Å². The van der Waals surface area contributed by atoms with Gasteiger partial charge < -0.3 is 0 Å². The molecule has 2 nitrogen and oxygen atoms in total. The van der Waals surface area contributed by atoms with Crippen LogP contribution in [0.3, 0.4) is 0 Å². The van der Waals surface area contributed by atoms with Crippen molar-refractivity contribution in [3.05, 3.63) is 89.0 Å². The van der Waals surface area contributed by atoms with Crippen LogP contribution >= 0.6 is 11.8 Å². The third kappa shape index (κ3) is 4.02. The fourth-order valence-corrected chi connectivity index (χ4v) is 5.58. The molecule has 0 amide bonds. The summed E-state index contributed by atoms with van der Waals surface area (Å²) in [5, 5.41) is 0. The van der Waals surface area contributed by atoms with Crippen molar-refractivity contribution in [2.75, 3.05) is 0 Å². The summed E-state index contributed by atoms with van der Waals surface area (Å²) in [5.74, 6) is 0.815. The molecule has 0 fully saturated rings. The maximum Gasteiger partial charge on any atom is 0.206 e. The molecule has 3 rings (SSSR count). The minimum atomic E-state index is -3.53. The fraction of sp³-hybridized carbons (Fsp3) is 0.182. The predicted molar refractivity (Wildman–Crippen MR) is 109 cm³/mol. The average molecular weight is 383 g/mol. The first-order chi connectivity index (χ1) is 12.4. The molecule has 0 bridgehead atoms. The predicted octanol–water partition coefficient (Wildman–Crippen LogP) is 5.74. The zero-order chi connectivity index (χ0) is 18.7. The molecule has 0 aliphatic carbocycles. The number of sulfone groups is 1. The highest BCUT2D eigenvalue weighted by Gasteiger charge is 2.22. The highest BCUT2D eigenvalue weighted by atomic mass is 32.2. The lowest BCUT2D eigenvalue weighted by atomic mass is 10.2. The van der Waals surface area contributed by atoms with Crippen molar-refractivity contribution in [3.63, 3.8) is 0 Å². The van der Waals surface area contributed by atoms with E-state index in [1.165, 1.54) is 5.56 Å². The van der Waals surface area contributed by atoms with Gasteiger partial charge in [0.05, 0.1) is 9.79 Å². The number of benzene rings is 3. The Morgan fingerprint density at radius 1 is 0.808 bits per heavy atom. The number of hydrogen-bond acceptors (Lipinski definition) is 3. The van der Waals surface area contributed by atoms with Gasteiger partial charge >= 0.3 is 0 Å². The molecule has 0 aromatic heterocycles. The molecule has 134 valence electrons. The lowest BCUT2D eigenvalue weighted by Gasteiger charge is -2.14. The Morgan fingerprint density at radius 2 is 1.46 bits per heavy atom. The average Bonchev–Trinajstić information content (AvgIpc) is 2.63. The van der Waals surface area contributed by atoms with Crippen molar-refractivity contribution < 1.29 is 8.42 Å². The number of aryl methyl sites for hydroxylation is 2. The summed E-state index contributed by atoms with van der Waals surface area (Å²) in [6.45, 7) is 5.79. The summed E-state index contributed by atoms with van der Waals surface area (Å²) in [5.41, 5.74) is 4.04. The van der Waals surface area contributed by atoms with E-state index < -0.39 is 9.84 Å². The normalized spacial score (nSPS) is 11.5. The molecular formula is C22H22O2S2. The second-order valence-electron chi connectivity index (χ2n) is 6.48. The number of rotatable bonds is 5. The smallest absolute Gasteiger partial charge is 0.206 e. The molecule has 0 saturated carbocycles. The number of hydrogen-bond donors (Lipinski definition) is 0. The first-order valence-electron chi connectivity index (χ1n) is 8.47. The molecule has 0 atom stereocenters. The van der Waals surface area contributed by atoms with Crippen LogP contribution in [-0.4, -0.2) is 8.42 Å². The standard InChI is InChI=1S/C22H22O2S2/c1-16-9-11-20(12-10-16)26(23,24)22-14-17(2)13-21(18(22)3)25-15-19-7-5-4-6-8-19/h4-14H,15H2,1-3H3. The van der Waals surface area contributed by atoms with Crippen LogP contribution in [0.4, 0.5) is 0 Å². The molecule has 3 aromatic carbocycles. The van der Waals surface area contributed by atoms with E-state index in [0.717, 1.165) is 27.3 Å². The third-order valence-corrected chi connectivity index (χ3v) is 7.42. The van der Waals surface area contributed by atoms with Gasteiger partial charge in [0.2, 0.25) is 9.84 Å². The van der Waals surface area contributed by atoms with Crippen molar-refractivity contribution in [2.24, 2.45) is 0 Å². The highest BCUT2D eigenvalue weighted by Crippen LogP contribution is 2.33. The Labute approximate surface area is 160 Å². The van der Waals surface area contributed by atoms with Gasteiger partial charge in [0, 0.05) is 10.6 Å². The van der Waals surface area contributed by atoms with E-state index in [2.05, 4.69) is 18.2 Å². The summed E-state index contributed by atoms with van der Waals surface area (Å²) < 4.78 is 26.3. The van der Waals surface area contributed by atoms with Gasteiger partial charge in [-0.05, 0) is 61.7 Å². The van der Waals surface area contributed by atoms with E-state index in [1.807, 2.05) is 51.1 Å². The van der Waals surface area contributed by atoms with Crippen LogP contribution in [-0.2, 0) is 15.6 Å². The quantitative estimate of drug-likeness (QED) is 0.528. The Balaban J connectivity index is 1.98. The fourth-order valence-electron chi connectivity index (χ4n) is 2.80. The monoisotopic (exact) mass is 382 g/mol. The molecule has 0 saturated heterocycles. The summed E-state index contributed by atoms with van der Waals surface area (Å²) >= 11 is 1.68. The van der Waals surface area contributed by atoms with Gasteiger partial charge in [-0.3, -0.25) is 0 Å². The lowest BCUT2D eigenvalue weighted by Crippen LogP contribution is -2.05. The van der Waals surface area contributed by atoms with E-state index in [1.54, 1.807) is 30.0 Å². The second kappa shape index (κ2) is 7.68. The second-order valence-corrected chi connectivity index (χ2v) is 9.41. The Hall–Kier alpha value is -2.04. The van der Waals surface area contributed by atoms with E-state index in [4.69, 9.17) is 0 Å². The summed E-state index contributed by atoms with van der Waals surface area (Å²) in [7, 11) is -3.53. The van der Waals surface area contributed by atoms with Gasteiger partial charge in [0.1, 0.15) is 0 Å². The van der Waals surface area contributed by atoms with Crippen molar-refractivity contribution in [1.82, 2.24) is 0 Å². The molecule has 0 heterocycles. The van der Waals surface area contributed by atoms with Gasteiger partial charge in [-0.15, -0.1) is 11.8 Å². The van der Waals surface area contributed by atoms with Crippen molar-refractivity contribution in [3.8, 4) is 0 Å². The molecule has 0 spiro atoms. The van der Waals surface area contributed by atoms with Crippen LogP contribution in [0.25, 0.3) is 0 Å². The molecule has 0 N–H and O–H groups in total. The van der Waals surface area contributed by atoms with Gasteiger partial charge in [-0.1, -0.05) is 48.0 Å². The first-order valence-corrected chi connectivity index (χ1v) is 10.9. The molecule has 0 unspecified atom stereocenters. The lowest BCUT2D eigenvalue weighted by molar-refractivity contribution is 0.595. The minimum absolute atomic E-state index is 0.343. The molecule has 0 radical (unpaired) electrons. The highest BCUT2D eigenvalue weighted by molar-refractivity contribution is 7.98. The Morgan fingerprint density at radius 3 is 2.12 bits per heavy atom. The zero-order valence-corrected chi connectivity index (χ0v) is 16.8. The maximum atomic E-state index is 13.1. The largest absolute Gasteiger partial charge is 0.219 e. The van der Waals surface area contributed by atoms with Crippen LogP contribution in [0, 0.1) is 20.8 Å². The third-order valence-electron chi connectivity index (χ3n) is 4.31. The minimum Gasteiger partial charge on any atom is -0.219 e. The van der Waals surface area contributed by atoms with Gasteiger partial charge in [0.25, 0.3) is 0 Å². The zero-order valence-electron chi connectivity index (χ0n) is 15.2. The number of thioether (sulfide) groups is 1. The first kappa shape index (κ1) is 18.7. The maximum absolute atomic E-state index is 13.1. The van der Waals surface area contributed by atoms with Crippen molar-refractivity contribution >= 4 is 21.6 Å². The van der Waals surface area contributed by atoms with E-state index in [9.17, 15) is 8.42 Å². The van der Waals surface area contributed by atoms with Crippen molar-refractivity contribution in [2.45, 2.75) is 41.2 Å². The molecule has 26 heavy (non-hydrogen) atoms. The van der Waals surface area contributed by atoms with Crippen molar-refractivity contribution in [1.29, 1.82) is 0 Å². The van der Waals surface area contributed by atoms with E-state index in [0.29, 0.717) is 9.79 Å². The van der Waals surface area contributed by atoms with Gasteiger partial charge in [-0.25, -0.2) is 8.42 Å². The van der Waals surface area contributed by atoms with E-state index in [-0.39, 0.29) is 0 Å². The molecule has 3 aromatic rings. The Kier molecular flexibility index (Phi) is 5.54. The van der Waals surface area contributed by atoms with Crippen LogP contribution in [0.2, 0.25) is 0 Å². The van der Waals surface area contributed by atoms with Crippen LogP contribution in [0.5, 0.6) is 0 Å². The van der Waals surface area contributed by atoms with Crippen LogP contribution in [0.1, 0.15) is 22.3 Å².